The van der Waals surface area contributed by atoms with Gasteiger partial charge in [-0.25, -0.2) is 8.42 Å². The molecule has 0 heterocycles. The lowest BCUT2D eigenvalue weighted by Crippen LogP contribution is -2.54. The fourth-order valence-electron chi connectivity index (χ4n) is 4.17. The number of halogens is 2. The predicted molar refractivity (Wildman–Crippen MR) is 157 cm³/mol. The van der Waals surface area contributed by atoms with Gasteiger partial charge in [0.05, 0.1) is 10.6 Å². The molecule has 39 heavy (non-hydrogen) atoms. The van der Waals surface area contributed by atoms with Gasteiger partial charge in [-0.05, 0) is 74.7 Å². The summed E-state index contributed by atoms with van der Waals surface area (Å²) in [6.45, 7) is 5.23. The summed E-state index contributed by atoms with van der Waals surface area (Å²) in [6, 6.07) is 20.7. The molecule has 0 aromatic heterocycles. The van der Waals surface area contributed by atoms with Crippen molar-refractivity contribution >= 4 is 50.7 Å². The first-order chi connectivity index (χ1) is 18.5. The predicted octanol–water partition coefficient (Wildman–Crippen LogP) is 5.56. The van der Waals surface area contributed by atoms with Crippen LogP contribution >= 0.6 is 23.2 Å². The second-order valence-electron chi connectivity index (χ2n) is 9.36. The highest BCUT2D eigenvalue weighted by atomic mass is 35.5. The van der Waals surface area contributed by atoms with E-state index in [1.165, 1.54) is 35.2 Å². The third kappa shape index (κ3) is 8.21. The summed E-state index contributed by atoms with van der Waals surface area (Å²) < 4.78 is 28.6. The topological polar surface area (TPSA) is 86.8 Å². The van der Waals surface area contributed by atoms with Gasteiger partial charge in [0.25, 0.3) is 10.0 Å². The zero-order valence-electron chi connectivity index (χ0n) is 22.2. The van der Waals surface area contributed by atoms with Crippen LogP contribution < -0.4 is 9.62 Å². The lowest BCUT2D eigenvalue weighted by atomic mass is 10.1. The van der Waals surface area contributed by atoms with Crippen LogP contribution in [0.3, 0.4) is 0 Å². The van der Waals surface area contributed by atoms with Gasteiger partial charge in [0.1, 0.15) is 12.6 Å². The van der Waals surface area contributed by atoms with E-state index in [9.17, 15) is 18.0 Å². The molecule has 0 saturated heterocycles. The maximum atomic E-state index is 13.9. The Morgan fingerprint density at radius 2 is 1.56 bits per heavy atom. The lowest BCUT2D eigenvalue weighted by Gasteiger charge is -2.33. The van der Waals surface area contributed by atoms with Gasteiger partial charge in [0.15, 0.2) is 0 Å². The molecule has 10 heteroatoms. The molecule has 0 bridgehead atoms. The standard InChI is InChI=1S/C29H33Cl2N3O4S/c1-4-27(29(36)32-21(2)3)33(18-17-22-9-6-5-7-10-22)28(35)20-34(25-12-8-11-24(31)19-25)39(37,38)26-15-13-23(30)14-16-26/h5-16,19,21,27H,4,17-18,20H2,1-3H3,(H,32,36)/t27-/m1/s1. The van der Waals surface area contributed by atoms with E-state index in [1.54, 1.807) is 18.2 Å². The van der Waals surface area contributed by atoms with E-state index < -0.39 is 28.5 Å². The Balaban J connectivity index is 2.01. The molecule has 0 aliphatic carbocycles. The smallest absolute Gasteiger partial charge is 0.264 e. The van der Waals surface area contributed by atoms with Gasteiger partial charge < -0.3 is 10.2 Å². The van der Waals surface area contributed by atoms with E-state index >= 15 is 0 Å². The van der Waals surface area contributed by atoms with Crippen molar-refractivity contribution < 1.29 is 18.0 Å². The molecule has 1 atom stereocenters. The summed E-state index contributed by atoms with van der Waals surface area (Å²) in [7, 11) is -4.19. The number of sulfonamides is 1. The second kappa shape index (κ2) is 13.8. The van der Waals surface area contributed by atoms with Crippen LogP contribution in [0.25, 0.3) is 0 Å². The van der Waals surface area contributed by atoms with Crippen molar-refractivity contribution in [3.8, 4) is 0 Å². The quantitative estimate of drug-likeness (QED) is 0.299. The van der Waals surface area contributed by atoms with Crippen molar-refractivity contribution in [2.45, 2.75) is 50.6 Å². The van der Waals surface area contributed by atoms with Crippen LogP contribution in [-0.2, 0) is 26.0 Å². The van der Waals surface area contributed by atoms with E-state index in [0.29, 0.717) is 22.9 Å². The fourth-order valence-corrected chi connectivity index (χ4v) is 5.89. The third-order valence-electron chi connectivity index (χ3n) is 6.08. The van der Waals surface area contributed by atoms with Gasteiger partial charge in [-0.1, -0.05) is 66.5 Å². The normalized spacial score (nSPS) is 12.2. The van der Waals surface area contributed by atoms with Crippen molar-refractivity contribution in [1.29, 1.82) is 0 Å². The molecule has 3 aromatic rings. The highest BCUT2D eigenvalue weighted by Crippen LogP contribution is 2.27. The Kier molecular flexibility index (Phi) is 10.8. The van der Waals surface area contributed by atoms with Gasteiger partial charge in [-0.3, -0.25) is 13.9 Å². The number of rotatable bonds is 12. The first kappa shape index (κ1) is 30.5. The number of carbonyl (C=O) groups is 2. The van der Waals surface area contributed by atoms with Crippen LogP contribution in [0.15, 0.2) is 83.8 Å². The molecule has 0 unspecified atom stereocenters. The van der Waals surface area contributed by atoms with Crippen molar-refractivity contribution in [2.24, 2.45) is 0 Å². The number of nitrogens with one attached hydrogen (secondary N) is 1. The van der Waals surface area contributed by atoms with Crippen LogP contribution in [0.5, 0.6) is 0 Å². The molecule has 7 nitrogen and oxygen atoms in total. The fraction of sp³-hybridized carbons (Fsp3) is 0.310. The molecular weight excluding hydrogens is 557 g/mol. The molecule has 3 aromatic carbocycles. The Hall–Kier alpha value is -3.07. The molecule has 0 aliphatic rings. The average molecular weight is 591 g/mol. The van der Waals surface area contributed by atoms with E-state index in [-0.39, 0.29) is 29.1 Å². The zero-order valence-corrected chi connectivity index (χ0v) is 24.5. The summed E-state index contributed by atoms with van der Waals surface area (Å²) in [6.07, 6.45) is 0.860. The summed E-state index contributed by atoms with van der Waals surface area (Å²) in [5.41, 5.74) is 1.23. The van der Waals surface area contributed by atoms with Crippen LogP contribution in [0, 0.1) is 0 Å². The van der Waals surface area contributed by atoms with E-state index in [0.717, 1.165) is 9.87 Å². The number of anilines is 1. The maximum absolute atomic E-state index is 13.9. The number of hydrogen-bond acceptors (Lipinski definition) is 4. The second-order valence-corrected chi connectivity index (χ2v) is 12.1. The summed E-state index contributed by atoms with van der Waals surface area (Å²) in [4.78, 5) is 28.5. The van der Waals surface area contributed by atoms with Gasteiger partial charge in [0.2, 0.25) is 11.8 Å². The van der Waals surface area contributed by atoms with Crippen LogP contribution in [0.4, 0.5) is 5.69 Å². The number of benzene rings is 3. The van der Waals surface area contributed by atoms with Crippen LogP contribution in [0.2, 0.25) is 10.0 Å². The minimum atomic E-state index is -4.19. The summed E-state index contributed by atoms with van der Waals surface area (Å²) >= 11 is 12.2. The molecule has 0 saturated carbocycles. The highest BCUT2D eigenvalue weighted by Gasteiger charge is 2.33. The largest absolute Gasteiger partial charge is 0.352 e. The molecule has 0 spiro atoms. The number of amides is 2. The monoisotopic (exact) mass is 589 g/mol. The van der Waals surface area contributed by atoms with Gasteiger partial charge >= 0.3 is 0 Å². The Morgan fingerprint density at radius 1 is 0.897 bits per heavy atom. The first-order valence-corrected chi connectivity index (χ1v) is 14.9. The van der Waals surface area contributed by atoms with Crippen LogP contribution in [0.1, 0.15) is 32.8 Å². The molecule has 3 rings (SSSR count). The average Bonchev–Trinajstić information content (AvgIpc) is 2.89. The summed E-state index contributed by atoms with van der Waals surface area (Å²) in [5.74, 6) is -0.794. The van der Waals surface area contributed by atoms with Crippen molar-refractivity contribution in [2.75, 3.05) is 17.4 Å². The minimum Gasteiger partial charge on any atom is -0.352 e. The molecule has 0 aliphatic heterocycles. The molecule has 2 amide bonds. The Bertz CT molecular complexity index is 1370. The summed E-state index contributed by atoms with van der Waals surface area (Å²) in [5, 5.41) is 3.59. The third-order valence-corrected chi connectivity index (χ3v) is 8.35. The molecular formula is C29H33Cl2N3O4S. The van der Waals surface area contributed by atoms with Crippen molar-refractivity contribution in [1.82, 2.24) is 10.2 Å². The first-order valence-electron chi connectivity index (χ1n) is 12.7. The van der Waals surface area contributed by atoms with E-state index in [2.05, 4.69) is 5.32 Å². The van der Waals surface area contributed by atoms with Crippen LogP contribution in [-0.4, -0.2) is 50.3 Å². The van der Waals surface area contributed by atoms with Gasteiger partial charge in [-0.2, -0.15) is 0 Å². The van der Waals surface area contributed by atoms with E-state index in [1.807, 2.05) is 51.1 Å². The molecule has 1 N–H and O–H groups in total. The zero-order chi connectivity index (χ0) is 28.6. The molecule has 0 radical (unpaired) electrons. The Labute approximate surface area is 240 Å². The van der Waals surface area contributed by atoms with E-state index in [4.69, 9.17) is 23.2 Å². The number of carbonyl (C=O) groups excluding carboxylic acids is 2. The SMILES string of the molecule is CC[C@H](C(=O)NC(C)C)N(CCc1ccccc1)C(=O)CN(c1cccc(Cl)c1)S(=O)(=O)c1ccc(Cl)cc1. The molecule has 208 valence electrons. The number of hydrogen-bond donors (Lipinski definition) is 1. The molecule has 0 fully saturated rings. The van der Waals surface area contributed by atoms with Gasteiger partial charge in [-0.15, -0.1) is 0 Å². The minimum absolute atomic E-state index is 0.0277. The van der Waals surface area contributed by atoms with Crippen molar-refractivity contribution in [3.63, 3.8) is 0 Å². The highest BCUT2D eigenvalue weighted by molar-refractivity contribution is 7.92. The van der Waals surface area contributed by atoms with Crippen molar-refractivity contribution in [3.05, 3.63) is 94.5 Å². The van der Waals surface area contributed by atoms with Gasteiger partial charge in [0, 0.05) is 22.6 Å². The maximum Gasteiger partial charge on any atom is 0.264 e. The Morgan fingerprint density at radius 3 is 2.15 bits per heavy atom. The number of nitrogens with zero attached hydrogens (tertiary/aromatic N) is 2. The lowest BCUT2D eigenvalue weighted by molar-refractivity contribution is -0.139.